The number of benzene rings is 1. The van der Waals surface area contributed by atoms with E-state index in [4.69, 9.17) is 0 Å². The number of aryl methyl sites for hydroxylation is 1. The highest BCUT2D eigenvalue weighted by Gasteiger charge is 2.23. The number of nitrogens with zero attached hydrogens (tertiary/aromatic N) is 3. The molecule has 1 aliphatic rings. The molecule has 1 aromatic heterocycles. The van der Waals surface area contributed by atoms with Gasteiger partial charge in [-0.3, -0.25) is 4.79 Å². The van der Waals surface area contributed by atoms with Crippen LogP contribution in [0.1, 0.15) is 34.3 Å². The van der Waals surface area contributed by atoms with E-state index in [1.54, 1.807) is 0 Å². The Morgan fingerprint density at radius 3 is 2.81 bits per heavy atom. The van der Waals surface area contributed by atoms with E-state index in [1.807, 2.05) is 30.0 Å². The van der Waals surface area contributed by atoms with Crippen LogP contribution in [0.4, 0.5) is 0 Å². The lowest BCUT2D eigenvalue weighted by molar-refractivity contribution is 0.0776. The van der Waals surface area contributed by atoms with Crippen LogP contribution in [-0.4, -0.2) is 33.5 Å². The Bertz CT molecular complexity index is 663. The summed E-state index contributed by atoms with van der Waals surface area (Å²) in [6, 6.07) is 10.3. The number of rotatable bonds is 3. The summed E-state index contributed by atoms with van der Waals surface area (Å²) in [6.45, 7) is 3.40. The number of aromatic nitrogens is 2. The largest absolute Gasteiger partial charge is 0.334 e. The lowest BCUT2D eigenvalue weighted by Gasteiger charge is -2.26. The van der Waals surface area contributed by atoms with Crippen molar-refractivity contribution in [1.29, 1.82) is 0 Å². The first kappa shape index (κ1) is 13.9. The maximum atomic E-state index is 12.5. The maximum Gasteiger partial charge on any atom is 0.267 e. The van der Waals surface area contributed by atoms with Crippen LogP contribution in [0.2, 0.25) is 0 Å². The molecule has 2 aromatic rings. The van der Waals surface area contributed by atoms with Gasteiger partial charge in [0, 0.05) is 13.1 Å². The van der Waals surface area contributed by atoms with Crippen LogP contribution in [0.3, 0.4) is 0 Å². The summed E-state index contributed by atoms with van der Waals surface area (Å²) in [5, 5.41) is 4.02. The highest BCUT2D eigenvalue weighted by Crippen LogP contribution is 2.24. The molecule has 2 heterocycles. The lowest BCUT2D eigenvalue weighted by atomic mass is 9.99. The molecule has 4 nitrogen and oxygen atoms in total. The molecule has 21 heavy (non-hydrogen) atoms. The van der Waals surface area contributed by atoms with E-state index in [9.17, 15) is 4.79 Å². The Labute approximate surface area is 128 Å². The van der Waals surface area contributed by atoms with Gasteiger partial charge < -0.3 is 4.90 Å². The lowest BCUT2D eigenvalue weighted by Crippen LogP contribution is -2.34. The monoisotopic (exact) mass is 299 g/mol. The molecule has 0 saturated heterocycles. The minimum atomic E-state index is 0.0604. The van der Waals surface area contributed by atoms with Crippen LogP contribution in [0, 0.1) is 0 Å². The van der Waals surface area contributed by atoms with Gasteiger partial charge in [0.1, 0.15) is 4.88 Å². The molecule has 0 atom stereocenters. The fourth-order valence-electron chi connectivity index (χ4n) is 2.51. The van der Waals surface area contributed by atoms with Crippen molar-refractivity contribution in [3.8, 4) is 0 Å². The number of carbonyl (C=O) groups excluding carboxylic acids is 1. The zero-order valence-corrected chi connectivity index (χ0v) is 12.8. The number of carbonyl (C=O) groups is 1. The maximum absolute atomic E-state index is 12.5. The fourth-order valence-corrected chi connectivity index (χ4v) is 3.23. The van der Waals surface area contributed by atoms with Gasteiger partial charge in [0.05, 0.1) is 5.69 Å². The van der Waals surface area contributed by atoms with Gasteiger partial charge in [-0.25, -0.2) is 0 Å². The predicted molar refractivity (Wildman–Crippen MR) is 84.2 cm³/mol. The molecule has 0 saturated carbocycles. The zero-order valence-electron chi connectivity index (χ0n) is 12.0. The molecule has 0 radical (unpaired) electrons. The van der Waals surface area contributed by atoms with Crippen molar-refractivity contribution in [2.45, 2.75) is 19.8 Å². The SMILES string of the molecule is CCc1nnsc1C(=O)N1CC=C(c2ccccc2)CC1. The van der Waals surface area contributed by atoms with Crippen LogP contribution in [0.5, 0.6) is 0 Å². The van der Waals surface area contributed by atoms with E-state index < -0.39 is 0 Å². The van der Waals surface area contributed by atoms with Crippen molar-refractivity contribution in [3.05, 3.63) is 52.5 Å². The minimum Gasteiger partial charge on any atom is -0.334 e. The average molecular weight is 299 g/mol. The van der Waals surface area contributed by atoms with Crippen LogP contribution in [0.15, 0.2) is 36.4 Å². The topological polar surface area (TPSA) is 46.1 Å². The third kappa shape index (κ3) is 2.88. The van der Waals surface area contributed by atoms with Gasteiger partial charge in [0.25, 0.3) is 5.91 Å². The van der Waals surface area contributed by atoms with E-state index >= 15 is 0 Å². The van der Waals surface area contributed by atoms with Crippen molar-refractivity contribution >= 4 is 23.0 Å². The van der Waals surface area contributed by atoms with Gasteiger partial charge in [0.15, 0.2) is 0 Å². The summed E-state index contributed by atoms with van der Waals surface area (Å²) in [6.07, 6.45) is 3.79. The summed E-state index contributed by atoms with van der Waals surface area (Å²) in [5.41, 5.74) is 3.37. The molecule has 3 rings (SSSR count). The Kier molecular flexibility index (Phi) is 4.10. The summed E-state index contributed by atoms with van der Waals surface area (Å²) >= 11 is 1.20. The Balaban J connectivity index is 1.73. The molecule has 0 unspecified atom stereocenters. The van der Waals surface area contributed by atoms with Gasteiger partial charge in [0.2, 0.25) is 0 Å². The standard InChI is InChI=1S/C16H17N3OS/c1-2-14-15(21-18-17-14)16(20)19-10-8-13(9-11-19)12-6-4-3-5-7-12/h3-8H,2,9-11H2,1H3. The van der Waals surface area contributed by atoms with Crippen LogP contribution in [-0.2, 0) is 6.42 Å². The molecule has 0 fully saturated rings. The van der Waals surface area contributed by atoms with Crippen LogP contribution in [0.25, 0.3) is 5.57 Å². The molecular weight excluding hydrogens is 282 g/mol. The normalized spacial score (nSPS) is 14.9. The molecule has 5 heteroatoms. The van der Waals surface area contributed by atoms with Crippen LogP contribution < -0.4 is 0 Å². The molecule has 0 bridgehead atoms. The Morgan fingerprint density at radius 2 is 2.14 bits per heavy atom. The average Bonchev–Trinajstić information content (AvgIpc) is 3.04. The Hall–Kier alpha value is -2.01. The van der Waals surface area contributed by atoms with E-state index in [-0.39, 0.29) is 5.91 Å². The summed E-state index contributed by atoms with van der Waals surface area (Å²) in [7, 11) is 0. The summed E-state index contributed by atoms with van der Waals surface area (Å²) < 4.78 is 3.90. The van der Waals surface area contributed by atoms with Gasteiger partial charge >= 0.3 is 0 Å². The zero-order chi connectivity index (χ0) is 14.7. The first-order valence-electron chi connectivity index (χ1n) is 7.14. The van der Waals surface area contributed by atoms with E-state index in [0.29, 0.717) is 11.4 Å². The molecular formula is C16H17N3OS. The second kappa shape index (κ2) is 6.18. The highest BCUT2D eigenvalue weighted by molar-refractivity contribution is 7.08. The number of hydrogen-bond donors (Lipinski definition) is 0. The van der Waals surface area contributed by atoms with Crippen molar-refractivity contribution in [3.63, 3.8) is 0 Å². The van der Waals surface area contributed by atoms with Gasteiger partial charge in [-0.15, -0.1) is 5.10 Å². The van der Waals surface area contributed by atoms with Crippen molar-refractivity contribution in [2.24, 2.45) is 0 Å². The first-order valence-corrected chi connectivity index (χ1v) is 7.92. The molecule has 1 aliphatic heterocycles. The molecule has 0 aliphatic carbocycles. The van der Waals surface area contributed by atoms with Crippen LogP contribution >= 0.6 is 11.5 Å². The molecule has 1 amide bonds. The van der Waals surface area contributed by atoms with Crippen molar-refractivity contribution < 1.29 is 4.79 Å². The molecule has 0 spiro atoms. The second-order valence-corrected chi connectivity index (χ2v) is 5.75. The smallest absolute Gasteiger partial charge is 0.267 e. The van der Waals surface area contributed by atoms with Gasteiger partial charge in [-0.05, 0) is 35.5 Å². The van der Waals surface area contributed by atoms with Crippen molar-refractivity contribution in [2.75, 3.05) is 13.1 Å². The molecule has 0 N–H and O–H groups in total. The Morgan fingerprint density at radius 1 is 1.33 bits per heavy atom. The minimum absolute atomic E-state index is 0.0604. The fraction of sp³-hybridized carbons (Fsp3) is 0.312. The number of amides is 1. The van der Waals surface area contributed by atoms with E-state index in [1.165, 1.54) is 22.7 Å². The quantitative estimate of drug-likeness (QED) is 0.875. The summed E-state index contributed by atoms with van der Waals surface area (Å²) in [4.78, 5) is 15.1. The second-order valence-electron chi connectivity index (χ2n) is 5.00. The molecule has 1 aromatic carbocycles. The first-order chi connectivity index (χ1) is 10.3. The van der Waals surface area contributed by atoms with Gasteiger partial charge in [-0.2, -0.15) is 0 Å². The highest BCUT2D eigenvalue weighted by atomic mass is 32.1. The number of hydrogen-bond acceptors (Lipinski definition) is 4. The van der Waals surface area contributed by atoms with Crippen molar-refractivity contribution in [1.82, 2.24) is 14.5 Å². The molecule has 108 valence electrons. The van der Waals surface area contributed by atoms with Gasteiger partial charge in [-0.1, -0.05) is 47.8 Å². The predicted octanol–water partition coefficient (Wildman–Crippen LogP) is 3.03. The van der Waals surface area contributed by atoms with E-state index in [0.717, 1.165) is 25.1 Å². The third-order valence-corrected chi connectivity index (χ3v) is 4.48. The third-order valence-electron chi connectivity index (χ3n) is 3.73. The van der Waals surface area contributed by atoms with E-state index in [2.05, 4.69) is 27.8 Å². The summed E-state index contributed by atoms with van der Waals surface area (Å²) in [5.74, 6) is 0.0604.